The van der Waals surface area contributed by atoms with Crippen LogP contribution < -0.4 is 31.4 Å². The molecule has 0 aliphatic rings. The number of amides is 2. The average molecular weight is 419 g/mol. The summed E-state index contributed by atoms with van der Waals surface area (Å²) in [6.07, 6.45) is 1.42. The number of rotatable bonds is 10. The van der Waals surface area contributed by atoms with Crippen LogP contribution in [0.25, 0.3) is 11.3 Å². The molecule has 0 aliphatic carbocycles. The molecule has 0 aliphatic heterocycles. The number of nitrogens with one attached hydrogen (secondary N) is 3. The minimum absolute atomic E-state index is 0.0345. The van der Waals surface area contributed by atoms with Crippen LogP contribution in [0.3, 0.4) is 0 Å². The summed E-state index contributed by atoms with van der Waals surface area (Å²) in [5.74, 6) is -0.0392. The minimum Gasteiger partial charge on any atom is -0.497 e. The lowest BCUT2D eigenvalue weighted by Gasteiger charge is -2.11. The van der Waals surface area contributed by atoms with Gasteiger partial charge in [0.15, 0.2) is 0 Å². The smallest absolute Gasteiger partial charge is 0.321 e. The Balaban J connectivity index is 2.01. The zero-order chi connectivity index (χ0) is 22.1. The molecule has 0 saturated heterocycles. The molecule has 1 aromatic heterocycles. The zero-order valence-electron chi connectivity index (χ0n) is 16.7. The summed E-state index contributed by atoms with van der Waals surface area (Å²) in [4.78, 5) is 41.5. The molecule has 0 fully saturated rings. The quantitative estimate of drug-likeness (QED) is 0.357. The lowest BCUT2D eigenvalue weighted by molar-refractivity contribution is -0.138. The number of carboxylic acid groups (broad SMARTS) is 1. The van der Waals surface area contributed by atoms with Crippen molar-refractivity contribution in [1.29, 1.82) is 0 Å². The fourth-order valence-corrected chi connectivity index (χ4v) is 2.64. The maximum Gasteiger partial charge on any atom is 0.321 e. The number of nitrogens with zero attached hydrogens (tertiary/aromatic N) is 1. The largest absolute Gasteiger partial charge is 0.497 e. The van der Waals surface area contributed by atoms with Crippen LogP contribution >= 0.6 is 0 Å². The van der Waals surface area contributed by atoms with E-state index < -0.39 is 23.6 Å². The maximum atomic E-state index is 12.1. The van der Waals surface area contributed by atoms with Gasteiger partial charge >= 0.3 is 12.0 Å². The van der Waals surface area contributed by atoms with Crippen molar-refractivity contribution in [2.24, 2.45) is 5.73 Å². The second-order valence-electron chi connectivity index (χ2n) is 6.37. The molecular formula is C19H25N5O6. The van der Waals surface area contributed by atoms with Crippen LogP contribution in [-0.2, 0) is 4.79 Å². The van der Waals surface area contributed by atoms with Gasteiger partial charge in [0.05, 0.1) is 19.9 Å². The van der Waals surface area contributed by atoms with Gasteiger partial charge < -0.3 is 25.6 Å². The van der Waals surface area contributed by atoms with Crippen molar-refractivity contribution in [3.63, 3.8) is 0 Å². The number of aromatic nitrogens is 2. The molecule has 0 saturated carbocycles. The second-order valence-corrected chi connectivity index (χ2v) is 6.37. The van der Waals surface area contributed by atoms with E-state index in [1.807, 2.05) is 0 Å². The van der Waals surface area contributed by atoms with Crippen molar-refractivity contribution in [2.75, 3.05) is 26.1 Å². The molecule has 0 spiro atoms. The summed E-state index contributed by atoms with van der Waals surface area (Å²) < 4.78 is 10.5. The van der Waals surface area contributed by atoms with Crippen LogP contribution in [-0.4, -0.2) is 53.9 Å². The molecule has 1 heterocycles. The van der Waals surface area contributed by atoms with Gasteiger partial charge in [-0.25, -0.2) is 9.78 Å². The highest BCUT2D eigenvalue weighted by Crippen LogP contribution is 2.31. The molecule has 162 valence electrons. The van der Waals surface area contributed by atoms with Gasteiger partial charge in [0.1, 0.15) is 17.5 Å². The fourth-order valence-electron chi connectivity index (χ4n) is 2.64. The van der Waals surface area contributed by atoms with E-state index in [1.165, 1.54) is 20.3 Å². The number of urea groups is 1. The van der Waals surface area contributed by atoms with Crippen LogP contribution in [0.15, 0.2) is 29.1 Å². The lowest BCUT2D eigenvalue weighted by Crippen LogP contribution is -2.32. The maximum absolute atomic E-state index is 12.1. The monoisotopic (exact) mass is 419 g/mol. The molecular weight excluding hydrogens is 394 g/mol. The van der Waals surface area contributed by atoms with Gasteiger partial charge in [0.25, 0.3) is 5.56 Å². The molecule has 2 aromatic rings. The number of hydrogen-bond acceptors (Lipinski definition) is 7. The Bertz CT molecular complexity index is 945. The van der Waals surface area contributed by atoms with Gasteiger partial charge in [-0.1, -0.05) is 0 Å². The van der Waals surface area contributed by atoms with Crippen LogP contribution in [0.5, 0.6) is 11.5 Å². The lowest BCUT2D eigenvalue weighted by atomic mass is 10.1. The van der Waals surface area contributed by atoms with Crippen molar-refractivity contribution in [3.05, 3.63) is 34.6 Å². The van der Waals surface area contributed by atoms with Crippen LogP contribution in [0, 0.1) is 0 Å². The fraction of sp³-hybridized carbons (Fsp3) is 0.368. The summed E-state index contributed by atoms with van der Waals surface area (Å²) >= 11 is 0. The number of benzene rings is 1. The number of methoxy groups -OCH3 is 2. The van der Waals surface area contributed by atoms with Gasteiger partial charge in [0, 0.05) is 18.2 Å². The van der Waals surface area contributed by atoms with Gasteiger partial charge in [0.2, 0.25) is 5.95 Å². The van der Waals surface area contributed by atoms with E-state index in [0.717, 1.165) is 0 Å². The molecule has 1 atom stereocenters. The van der Waals surface area contributed by atoms with Gasteiger partial charge in [-0.2, -0.15) is 0 Å². The first-order valence-corrected chi connectivity index (χ1v) is 9.21. The molecule has 1 unspecified atom stereocenters. The number of carbonyl (C=O) groups is 2. The number of H-pyrrole nitrogens is 1. The van der Waals surface area contributed by atoms with E-state index in [2.05, 4.69) is 20.6 Å². The SMILES string of the molecule is COc1ccc(OC)c(-c2cc(=O)[nH]c(NC(=O)NCCCCC(N)C(=O)O)n2)c1. The molecule has 11 heteroatoms. The number of aliphatic carboxylic acids is 1. The first kappa shape index (κ1) is 22.7. The average Bonchev–Trinajstić information content (AvgIpc) is 2.72. The normalized spacial score (nSPS) is 11.4. The Hall–Kier alpha value is -3.60. The molecule has 2 amide bonds. The molecule has 0 bridgehead atoms. The van der Waals surface area contributed by atoms with Crippen molar-refractivity contribution >= 4 is 17.9 Å². The standard InChI is InChI=1S/C19H25N5O6/c1-29-11-6-7-15(30-2)12(9-11)14-10-16(25)23-18(22-14)24-19(28)21-8-4-3-5-13(20)17(26)27/h6-7,9-10,13H,3-5,8,20H2,1-2H3,(H,26,27)(H3,21,22,23,24,25,28). The van der Waals surface area contributed by atoms with Crippen LogP contribution in [0.2, 0.25) is 0 Å². The van der Waals surface area contributed by atoms with Gasteiger partial charge in [-0.05, 0) is 37.5 Å². The predicted molar refractivity (Wildman–Crippen MR) is 110 cm³/mol. The van der Waals surface area contributed by atoms with Crippen molar-refractivity contribution in [3.8, 4) is 22.8 Å². The van der Waals surface area contributed by atoms with E-state index in [1.54, 1.807) is 18.2 Å². The van der Waals surface area contributed by atoms with Crippen LogP contribution in [0.4, 0.5) is 10.7 Å². The summed E-state index contributed by atoms with van der Waals surface area (Å²) in [7, 11) is 3.01. The molecule has 1 aromatic carbocycles. The molecule has 30 heavy (non-hydrogen) atoms. The highest BCUT2D eigenvalue weighted by Gasteiger charge is 2.13. The third-order valence-electron chi connectivity index (χ3n) is 4.20. The minimum atomic E-state index is -1.05. The predicted octanol–water partition coefficient (Wildman–Crippen LogP) is 1.16. The molecule has 2 rings (SSSR count). The summed E-state index contributed by atoms with van der Waals surface area (Å²) in [6.45, 7) is 0.311. The zero-order valence-corrected chi connectivity index (χ0v) is 16.7. The Morgan fingerprint density at radius 2 is 2.00 bits per heavy atom. The van der Waals surface area contributed by atoms with Crippen LogP contribution in [0.1, 0.15) is 19.3 Å². The highest BCUT2D eigenvalue weighted by molar-refractivity contribution is 5.87. The number of ether oxygens (including phenoxy) is 2. The second kappa shape index (κ2) is 10.8. The summed E-state index contributed by atoms with van der Waals surface area (Å²) in [5, 5.41) is 13.8. The first-order valence-electron chi connectivity index (χ1n) is 9.21. The Labute approximate surface area is 172 Å². The Morgan fingerprint density at radius 3 is 2.67 bits per heavy atom. The van der Waals surface area contributed by atoms with Crippen molar-refractivity contribution < 1.29 is 24.2 Å². The molecule has 11 nitrogen and oxygen atoms in total. The van der Waals surface area contributed by atoms with Crippen molar-refractivity contribution in [1.82, 2.24) is 15.3 Å². The van der Waals surface area contributed by atoms with E-state index in [-0.39, 0.29) is 5.95 Å². The number of carbonyl (C=O) groups excluding carboxylic acids is 1. The van der Waals surface area contributed by atoms with Gasteiger partial charge in [-0.15, -0.1) is 0 Å². The Kier molecular flexibility index (Phi) is 8.18. The summed E-state index contributed by atoms with van der Waals surface area (Å²) in [6, 6.07) is 4.89. The number of hydrogen-bond donors (Lipinski definition) is 5. The number of aromatic amines is 1. The summed E-state index contributed by atoms with van der Waals surface area (Å²) in [5.41, 5.74) is 5.79. The third-order valence-corrected chi connectivity index (χ3v) is 4.20. The van der Waals surface area contributed by atoms with E-state index in [0.29, 0.717) is 48.6 Å². The van der Waals surface area contributed by atoms with E-state index in [4.69, 9.17) is 20.3 Å². The number of nitrogens with two attached hydrogens (primary N) is 1. The number of carboxylic acids is 1. The first-order chi connectivity index (χ1) is 14.3. The molecule has 6 N–H and O–H groups in total. The third kappa shape index (κ3) is 6.48. The topological polar surface area (TPSA) is 169 Å². The number of unbranched alkanes of at least 4 members (excludes halogenated alkanes) is 1. The van der Waals surface area contributed by atoms with Gasteiger partial charge in [-0.3, -0.25) is 19.9 Å². The Morgan fingerprint density at radius 1 is 1.23 bits per heavy atom. The van der Waals surface area contributed by atoms with E-state index in [9.17, 15) is 14.4 Å². The molecule has 0 radical (unpaired) electrons. The van der Waals surface area contributed by atoms with E-state index >= 15 is 0 Å². The van der Waals surface area contributed by atoms with Crippen molar-refractivity contribution in [2.45, 2.75) is 25.3 Å². The highest BCUT2D eigenvalue weighted by atomic mass is 16.5. The number of anilines is 1.